The molecule has 0 atom stereocenters. The number of hydrogen-bond acceptors (Lipinski definition) is 2. The first-order chi connectivity index (χ1) is 8.24. The molecule has 17 heavy (non-hydrogen) atoms. The van der Waals surface area contributed by atoms with Gasteiger partial charge >= 0.3 is 0 Å². The predicted octanol–water partition coefficient (Wildman–Crippen LogP) is 4.17. The number of anilines is 1. The maximum absolute atomic E-state index is 12.1. The topological polar surface area (TPSA) is 29.1 Å². The third kappa shape index (κ3) is 1.98. The number of halogens is 1. The molecule has 0 aliphatic carbocycles. The standard InChI is InChI=1S/C13H8BrNOS/c14-8-5-6-11-9(7-8)13(16)15-10-3-1-2-4-12(10)17-11/h1-7H,(H,15,16). The van der Waals surface area contributed by atoms with Crippen LogP contribution in [0.1, 0.15) is 10.4 Å². The molecular formula is C13H8BrNOS. The van der Waals surface area contributed by atoms with Gasteiger partial charge in [0.05, 0.1) is 11.3 Å². The summed E-state index contributed by atoms with van der Waals surface area (Å²) in [7, 11) is 0. The van der Waals surface area contributed by atoms with E-state index in [0.29, 0.717) is 5.56 Å². The largest absolute Gasteiger partial charge is 0.321 e. The highest BCUT2D eigenvalue weighted by Gasteiger charge is 2.19. The molecule has 0 fully saturated rings. The Morgan fingerprint density at radius 1 is 1.06 bits per heavy atom. The van der Waals surface area contributed by atoms with Gasteiger partial charge < -0.3 is 5.32 Å². The van der Waals surface area contributed by atoms with Crippen molar-refractivity contribution in [3.8, 4) is 0 Å². The van der Waals surface area contributed by atoms with Gasteiger partial charge in [0.15, 0.2) is 0 Å². The van der Waals surface area contributed by atoms with Crippen LogP contribution in [0.4, 0.5) is 5.69 Å². The summed E-state index contributed by atoms with van der Waals surface area (Å²) in [5.74, 6) is -0.0567. The van der Waals surface area contributed by atoms with Gasteiger partial charge in [-0.3, -0.25) is 4.79 Å². The lowest BCUT2D eigenvalue weighted by atomic mass is 10.2. The molecule has 1 heterocycles. The van der Waals surface area contributed by atoms with Crippen LogP contribution < -0.4 is 5.32 Å². The Morgan fingerprint density at radius 3 is 2.76 bits per heavy atom. The van der Waals surface area contributed by atoms with E-state index in [2.05, 4.69) is 21.2 Å². The SMILES string of the molecule is O=C1Nc2ccccc2Sc2ccc(Br)cc21. The van der Waals surface area contributed by atoms with E-state index in [4.69, 9.17) is 0 Å². The van der Waals surface area contributed by atoms with Gasteiger partial charge in [-0.25, -0.2) is 0 Å². The quantitative estimate of drug-likeness (QED) is 0.791. The number of carbonyl (C=O) groups excluding carboxylic acids is 1. The van der Waals surface area contributed by atoms with E-state index in [1.54, 1.807) is 11.8 Å². The molecule has 84 valence electrons. The number of amides is 1. The summed E-state index contributed by atoms with van der Waals surface area (Å²) in [6.45, 7) is 0. The Hall–Kier alpha value is -1.26. The monoisotopic (exact) mass is 305 g/mol. The van der Waals surface area contributed by atoms with Crippen molar-refractivity contribution in [1.82, 2.24) is 0 Å². The molecular weight excluding hydrogens is 298 g/mol. The van der Waals surface area contributed by atoms with Crippen LogP contribution in [0.15, 0.2) is 56.7 Å². The zero-order valence-corrected chi connectivity index (χ0v) is 11.1. The van der Waals surface area contributed by atoms with Gasteiger partial charge in [-0.1, -0.05) is 39.8 Å². The Balaban J connectivity index is 2.17. The number of rotatable bonds is 0. The van der Waals surface area contributed by atoms with E-state index in [1.807, 2.05) is 42.5 Å². The van der Waals surface area contributed by atoms with E-state index < -0.39 is 0 Å². The lowest BCUT2D eigenvalue weighted by Crippen LogP contribution is -2.11. The third-order valence-electron chi connectivity index (χ3n) is 2.54. The van der Waals surface area contributed by atoms with Crippen molar-refractivity contribution in [3.63, 3.8) is 0 Å². The summed E-state index contributed by atoms with van der Waals surface area (Å²) in [5, 5.41) is 2.93. The van der Waals surface area contributed by atoms with Crippen LogP contribution in [0.2, 0.25) is 0 Å². The van der Waals surface area contributed by atoms with Gasteiger partial charge in [0, 0.05) is 14.3 Å². The van der Waals surface area contributed by atoms with Gasteiger partial charge in [0.2, 0.25) is 0 Å². The molecule has 0 radical (unpaired) electrons. The van der Waals surface area contributed by atoms with E-state index in [0.717, 1.165) is 20.0 Å². The number of hydrogen-bond donors (Lipinski definition) is 1. The maximum atomic E-state index is 12.1. The van der Waals surface area contributed by atoms with Gasteiger partial charge in [0.1, 0.15) is 0 Å². The van der Waals surface area contributed by atoms with E-state index in [-0.39, 0.29) is 5.91 Å². The first kappa shape index (κ1) is 10.9. The first-order valence-corrected chi connectivity index (χ1v) is 6.73. The van der Waals surface area contributed by atoms with Crippen LogP contribution >= 0.6 is 27.7 Å². The number of fused-ring (bicyclic) bond motifs is 2. The van der Waals surface area contributed by atoms with Crippen molar-refractivity contribution in [2.75, 3.05) is 5.32 Å². The van der Waals surface area contributed by atoms with Crippen molar-refractivity contribution >= 4 is 39.3 Å². The molecule has 1 N–H and O–H groups in total. The van der Waals surface area contributed by atoms with Crippen molar-refractivity contribution in [1.29, 1.82) is 0 Å². The molecule has 3 rings (SSSR count). The first-order valence-electron chi connectivity index (χ1n) is 5.12. The highest BCUT2D eigenvalue weighted by molar-refractivity contribution is 9.10. The van der Waals surface area contributed by atoms with Crippen molar-refractivity contribution < 1.29 is 4.79 Å². The van der Waals surface area contributed by atoms with Crippen molar-refractivity contribution in [2.24, 2.45) is 0 Å². The molecule has 0 spiro atoms. The molecule has 1 aliphatic heterocycles. The van der Waals surface area contributed by atoms with Crippen LogP contribution in [0.3, 0.4) is 0 Å². The fourth-order valence-corrected chi connectivity index (χ4v) is 3.11. The Morgan fingerprint density at radius 2 is 1.88 bits per heavy atom. The number of benzene rings is 2. The van der Waals surface area contributed by atoms with Crippen LogP contribution in [-0.4, -0.2) is 5.91 Å². The van der Waals surface area contributed by atoms with E-state index in [9.17, 15) is 4.79 Å². The second kappa shape index (κ2) is 4.20. The predicted molar refractivity (Wildman–Crippen MR) is 72.7 cm³/mol. The van der Waals surface area contributed by atoms with E-state index in [1.165, 1.54) is 0 Å². The molecule has 0 saturated heterocycles. The summed E-state index contributed by atoms with van der Waals surface area (Å²) in [5.41, 5.74) is 1.58. The Bertz CT molecular complexity index is 612. The van der Waals surface area contributed by atoms with Gasteiger partial charge in [-0.15, -0.1) is 0 Å². The molecule has 0 bridgehead atoms. The van der Waals surface area contributed by atoms with Crippen molar-refractivity contribution in [3.05, 3.63) is 52.5 Å². The summed E-state index contributed by atoms with van der Waals surface area (Å²) < 4.78 is 0.915. The maximum Gasteiger partial charge on any atom is 0.256 e. The highest BCUT2D eigenvalue weighted by atomic mass is 79.9. The molecule has 1 amide bonds. The van der Waals surface area contributed by atoms with Crippen LogP contribution in [-0.2, 0) is 0 Å². The van der Waals surface area contributed by atoms with Gasteiger partial charge in [-0.05, 0) is 30.3 Å². The van der Waals surface area contributed by atoms with Crippen molar-refractivity contribution in [2.45, 2.75) is 9.79 Å². The lowest BCUT2D eigenvalue weighted by molar-refractivity contribution is 0.102. The molecule has 0 unspecified atom stereocenters. The summed E-state index contributed by atoms with van der Waals surface area (Å²) in [6, 6.07) is 13.6. The number of carbonyl (C=O) groups is 1. The molecule has 2 nitrogen and oxygen atoms in total. The molecule has 2 aromatic carbocycles. The molecule has 0 aromatic heterocycles. The smallest absolute Gasteiger partial charge is 0.256 e. The van der Waals surface area contributed by atoms with Crippen LogP contribution in [0.5, 0.6) is 0 Å². The van der Waals surface area contributed by atoms with E-state index >= 15 is 0 Å². The zero-order valence-electron chi connectivity index (χ0n) is 8.74. The Kier molecular flexibility index (Phi) is 2.68. The molecule has 2 aromatic rings. The zero-order chi connectivity index (χ0) is 11.8. The third-order valence-corrected chi connectivity index (χ3v) is 4.19. The average molecular weight is 306 g/mol. The normalized spacial score (nSPS) is 13.4. The highest BCUT2D eigenvalue weighted by Crippen LogP contribution is 2.39. The summed E-state index contributed by atoms with van der Waals surface area (Å²) in [6.07, 6.45) is 0. The fourth-order valence-electron chi connectivity index (χ4n) is 1.74. The lowest BCUT2D eigenvalue weighted by Gasteiger charge is -2.03. The second-order valence-corrected chi connectivity index (χ2v) is 5.69. The number of para-hydroxylation sites is 1. The van der Waals surface area contributed by atoms with Crippen LogP contribution in [0, 0.1) is 0 Å². The molecule has 0 saturated carbocycles. The van der Waals surface area contributed by atoms with Gasteiger partial charge in [-0.2, -0.15) is 0 Å². The Labute approximate surface area is 112 Å². The summed E-state index contributed by atoms with van der Waals surface area (Å²) >= 11 is 5.00. The average Bonchev–Trinajstić information content (AvgIpc) is 2.46. The minimum atomic E-state index is -0.0567. The summed E-state index contributed by atoms with van der Waals surface area (Å²) in [4.78, 5) is 14.1. The number of nitrogens with one attached hydrogen (secondary N) is 1. The fraction of sp³-hybridized carbons (Fsp3) is 0. The van der Waals surface area contributed by atoms with Gasteiger partial charge in [0.25, 0.3) is 5.91 Å². The minimum absolute atomic E-state index is 0.0567. The molecule has 4 heteroatoms. The second-order valence-electron chi connectivity index (χ2n) is 3.69. The van der Waals surface area contributed by atoms with Crippen LogP contribution in [0.25, 0.3) is 0 Å². The molecule has 1 aliphatic rings. The minimum Gasteiger partial charge on any atom is -0.321 e.